The summed E-state index contributed by atoms with van der Waals surface area (Å²) in [4.78, 5) is 36.7. The maximum absolute atomic E-state index is 14.4. The Balaban J connectivity index is 0.000000159. The zero-order chi connectivity index (χ0) is 50.7. The first-order chi connectivity index (χ1) is 34.0. The minimum atomic E-state index is -1.25. The summed E-state index contributed by atoms with van der Waals surface area (Å²) in [5.74, 6) is -2.38. The van der Waals surface area contributed by atoms with Gasteiger partial charge in [-0.2, -0.15) is 9.97 Å². The van der Waals surface area contributed by atoms with Gasteiger partial charge in [-0.25, -0.2) is 56.2 Å². The molecule has 0 aliphatic carbocycles. The van der Waals surface area contributed by atoms with Crippen LogP contribution < -0.4 is 39.8 Å². The van der Waals surface area contributed by atoms with Crippen molar-refractivity contribution in [2.75, 3.05) is 62.4 Å². The molecule has 18 nitrogen and oxygen atoms in total. The number of nitrogen functional groups attached to an aromatic ring is 1. The fourth-order valence-electron chi connectivity index (χ4n) is 7.36. The summed E-state index contributed by atoms with van der Waals surface area (Å²) in [5.41, 5.74) is 8.47. The smallest absolute Gasteiger partial charge is 0.229 e. The van der Waals surface area contributed by atoms with Crippen LogP contribution in [0.4, 0.5) is 55.3 Å². The Morgan fingerprint density at radius 1 is 0.592 bits per heavy atom. The second-order valence-electron chi connectivity index (χ2n) is 15.7. The minimum absolute atomic E-state index is 0.00982. The van der Waals surface area contributed by atoms with Crippen LogP contribution in [0.3, 0.4) is 0 Å². The first kappa shape index (κ1) is 49.0. The zero-order valence-corrected chi connectivity index (χ0v) is 39.1. The Hall–Kier alpha value is -8.41. The van der Waals surface area contributed by atoms with Crippen LogP contribution in [0.5, 0.6) is 23.0 Å². The zero-order valence-electron chi connectivity index (χ0n) is 38.4. The summed E-state index contributed by atoms with van der Waals surface area (Å²) < 4.78 is 107. The lowest BCUT2D eigenvalue weighted by Crippen LogP contribution is -2.35. The van der Waals surface area contributed by atoms with Gasteiger partial charge in [-0.05, 0) is 37.6 Å². The number of benzene rings is 2. The molecule has 2 aliphatic rings. The molecule has 2 atom stereocenters. The van der Waals surface area contributed by atoms with Crippen LogP contribution in [0.2, 0.25) is 5.28 Å². The molecule has 0 bridgehead atoms. The van der Waals surface area contributed by atoms with Crippen LogP contribution >= 0.6 is 11.6 Å². The molecule has 0 fully saturated rings. The molecular formula is C46H41ClF6N14O4. The Morgan fingerprint density at radius 3 is 1.58 bits per heavy atom. The largest absolute Gasteiger partial charge is 0.493 e. The minimum Gasteiger partial charge on any atom is -0.493 e. The van der Waals surface area contributed by atoms with Gasteiger partial charge in [0.1, 0.15) is 37.5 Å². The van der Waals surface area contributed by atoms with Gasteiger partial charge in [0.05, 0.1) is 73.9 Å². The van der Waals surface area contributed by atoms with Gasteiger partial charge in [-0.3, -0.25) is 9.13 Å². The van der Waals surface area contributed by atoms with E-state index in [1.54, 1.807) is 77.3 Å². The van der Waals surface area contributed by atoms with Crippen LogP contribution in [0, 0.1) is 48.8 Å². The quantitative estimate of drug-likeness (QED) is 0.0836. The number of halogens is 7. The van der Waals surface area contributed by atoms with E-state index in [9.17, 15) is 26.3 Å². The highest BCUT2D eigenvalue weighted by molar-refractivity contribution is 6.28. The van der Waals surface area contributed by atoms with Gasteiger partial charge in [0, 0.05) is 61.9 Å². The third-order valence-corrected chi connectivity index (χ3v) is 11.1. The van der Waals surface area contributed by atoms with Gasteiger partial charge in [0.25, 0.3) is 0 Å². The lowest BCUT2D eigenvalue weighted by molar-refractivity contribution is 0.261. The number of anilines is 5. The first-order valence-electron chi connectivity index (χ1n) is 21.0. The number of hydrogen-bond donors (Lipinski definition) is 2. The molecule has 8 aromatic rings. The van der Waals surface area contributed by atoms with Crippen molar-refractivity contribution >= 4 is 40.6 Å². The summed E-state index contributed by atoms with van der Waals surface area (Å²) in [6.45, 7) is 3.85. The van der Waals surface area contributed by atoms with E-state index in [-0.39, 0.29) is 35.6 Å². The highest BCUT2D eigenvalue weighted by Crippen LogP contribution is 2.40. The van der Waals surface area contributed by atoms with Crippen molar-refractivity contribution < 1.29 is 45.3 Å². The van der Waals surface area contributed by atoms with E-state index in [1.807, 2.05) is 26.2 Å². The van der Waals surface area contributed by atoms with Gasteiger partial charge < -0.3 is 39.8 Å². The van der Waals surface area contributed by atoms with Gasteiger partial charge in [-0.1, -0.05) is 0 Å². The predicted octanol–water partition coefficient (Wildman–Crippen LogP) is 8.39. The topological polar surface area (TPSA) is 194 Å². The molecule has 0 saturated heterocycles. The van der Waals surface area contributed by atoms with Crippen molar-refractivity contribution in [2.24, 2.45) is 0 Å². The van der Waals surface area contributed by atoms with E-state index in [4.69, 9.17) is 36.3 Å². The number of aryl methyl sites for hydroxylation is 2. The third-order valence-electron chi connectivity index (χ3n) is 10.9. The van der Waals surface area contributed by atoms with Crippen molar-refractivity contribution in [3.05, 3.63) is 149 Å². The summed E-state index contributed by atoms with van der Waals surface area (Å²) in [5, 5.41) is 3.07. The van der Waals surface area contributed by atoms with E-state index in [1.165, 1.54) is 19.5 Å². The van der Waals surface area contributed by atoms with E-state index in [0.717, 1.165) is 23.5 Å². The molecule has 10 rings (SSSR count). The molecule has 6 aromatic heterocycles. The highest BCUT2D eigenvalue weighted by atomic mass is 35.5. The van der Waals surface area contributed by atoms with Crippen LogP contribution in [0.1, 0.15) is 34.6 Å². The molecule has 71 heavy (non-hydrogen) atoms. The molecule has 2 aliphatic heterocycles. The number of methoxy groups -OCH3 is 2. The van der Waals surface area contributed by atoms with Crippen molar-refractivity contribution in [1.82, 2.24) is 49.0 Å². The van der Waals surface area contributed by atoms with Crippen molar-refractivity contribution in [3.63, 3.8) is 0 Å². The number of pyridine rings is 2. The molecule has 0 amide bonds. The van der Waals surface area contributed by atoms with Crippen LogP contribution in [-0.4, -0.2) is 90.5 Å². The van der Waals surface area contributed by atoms with Crippen molar-refractivity contribution in [2.45, 2.75) is 25.9 Å². The maximum atomic E-state index is 14.4. The molecule has 2 aromatic carbocycles. The van der Waals surface area contributed by atoms with Crippen molar-refractivity contribution in [1.29, 1.82) is 0 Å². The van der Waals surface area contributed by atoms with E-state index >= 15 is 0 Å². The van der Waals surface area contributed by atoms with Gasteiger partial charge >= 0.3 is 0 Å². The first-order valence-corrected chi connectivity index (χ1v) is 21.4. The van der Waals surface area contributed by atoms with Crippen LogP contribution in [-0.2, 0) is 0 Å². The standard InChI is InChI=1S/C23H20F3N7O2.C13H9ClF3N3O.C10H12N4O/c1-12-9-33(11-29-12)21-19(34-3)4-13(7-27-21)30-23-28-8-20-22(31-23)32(2)18(10-35-20)14-5-16(25)17(26)6-15(14)24;1-20-10(6-2-8(16)9(17)3-7(6)15)5-21-11-4-18-13(14)19-12(11)20;1-7-5-14(6-13-7)10-9(15-2)3-8(11)4-12-10/h4-9,11,18H,10H2,1-3H3,(H,28,30,31);2-4,10H,5H2,1H3;3-6H,11H2,1-2H3. The molecule has 0 spiro atoms. The fourth-order valence-corrected chi connectivity index (χ4v) is 7.49. The number of nitrogens with zero attached hydrogens (tertiary/aromatic N) is 12. The summed E-state index contributed by atoms with van der Waals surface area (Å²) in [7, 11) is 6.42. The van der Waals surface area contributed by atoms with Crippen LogP contribution in [0.15, 0.2) is 86.2 Å². The summed E-state index contributed by atoms with van der Waals surface area (Å²) >= 11 is 5.72. The number of aromatic nitrogens is 10. The Kier molecular flexibility index (Phi) is 14.3. The lowest BCUT2D eigenvalue weighted by Gasteiger charge is -2.35. The molecule has 0 radical (unpaired) electrons. The normalized spacial score (nSPS) is 14.7. The van der Waals surface area contributed by atoms with Crippen molar-refractivity contribution in [3.8, 4) is 34.6 Å². The number of likely N-dealkylation sites (N-methyl/N-ethyl adjacent to an activating group) is 2. The fraction of sp³-hybridized carbons (Fsp3) is 0.217. The van der Waals surface area contributed by atoms with E-state index in [2.05, 4.69) is 45.2 Å². The molecule has 3 N–H and O–H groups in total. The van der Waals surface area contributed by atoms with Gasteiger partial charge in [0.15, 0.2) is 69.5 Å². The summed E-state index contributed by atoms with van der Waals surface area (Å²) in [6.07, 6.45) is 13.1. The second kappa shape index (κ2) is 20.7. The number of hydrogen-bond acceptors (Lipinski definition) is 16. The SMILES string of the molecule is CN1c2nc(Cl)ncc2OCC1c1cc(F)c(F)cc1F.COc1cc(N)cnc1-n1cnc(C)c1.COc1cc(Nc2ncc3c(n2)N(C)C(c2cc(F)c(F)cc2F)CO3)cnc1-n1cnc(C)c1. The number of nitrogens with two attached hydrogens (primary N) is 1. The molecule has 368 valence electrons. The maximum Gasteiger partial charge on any atom is 0.229 e. The Labute approximate surface area is 405 Å². The summed E-state index contributed by atoms with van der Waals surface area (Å²) in [6, 6.07) is 4.79. The number of imidazole rings is 2. The molecular weight excluding hydrogens is 962 g/mol. The van der Waals surface area contributed by atoms with Gasteiger partial charge in [-0.15, -0.1) is 0 Å². The second-order valence-corrected chi connectivity index (χ2v) is 16.0. The third kappa shape index (κ3) is 10.6. The lowest BCUT2D eigenvalue weighted by atomic mass is 10.0. The molecule has 25 heteroatoms. The van der Waals surface area contributed by atoms with E-state index < -0.39 is 47.0 Å². The molecule has 2 unspecified atom stereocenters. The molecule has 8 heterocycles. The van der Waals surface area contributed by atoms with Crippen LogP contribution in [0.25, 0.3) is 11.6 Å². The number of rotatable bonds is 8. The Bertz CT molecular complexity index is 3240. The predicted molar refractivity (Wildman–Crippen MR) is 248 cm³/mol. The number of ether oxygens (including phenoxy) is 4. The van der Waals surface area contributed by atoms with Gasteiger partial charge in [0.2, 0.25) is 11.2 Å². The number of nitrogens with one attached hydrogen (secondary N) is 1. The molecule has 0 saturated carbocycles. The van der Waals surface area contributed by atoms with E-state index in [0.29, 0.717) is 69.8 Å². The highest BCUT2D eigenvalue weighted by Gasteiger charge is 2.32. The monoisotopic (exact) mass is 1000 g/mol. The average molecular weight is 1000 g/mol. The number of fused-ring (bicyclic) bond motifs is 2. The Morgan fingerprint density at radius 2 is 1.07 bits per heavy atom. The average Bonchev–Trinajstić information content (AvgIpc) is 4.00.